The Kier molecular flexibility index (Phi) is 4.63. The van der Waals surface area contributed by atoms with E-state index in [2.05, 4.69) is 20.7 Å². The molecule has 2 heterocycles. The molecule has 0 fully saturated rings. The summed E-state index contributed by atoms with van der Waals surface area (Å²) < 4.78 is 0. The monoisotopic (exact) mass is 309 g/mol. The van der Waals surface area contributed by atoms with Crippen LogP contribution in [-0.4, -0.2) is 43.2 Å². The van der Waals surface area contributed by atoms with Gasteiger partial charge in [-0.1, -0.05) is 13.8 Å². The molecular weight excluding hydrogens is 294 g/mol. The Morgan fingerprint density at radius 1 is 1.48 bits per heavy atom. The third-order valence-corrected chi connectivity index (χ3v) is 3.45. The first kappa shape index (κ1) is 15.1. The molecule has 0 aliphatic rings. The molecule has 9 heteroatoms. The number of carbonyl (C=O) groups excluding carboxylic acids is 1. The van der Waals surface area contributed by atoms with E-state index in [0.29, 0.717) is 5.82 Å². The van der Waals surface area contributed by atoms with Crippen molar-refractivity contribution >= 4 is 23.2 Å². The van der Waals surface area contributed by atoms with Gasteiger partial charge in [-0.25, -0.2) is 4.79 Å². The number of carbonyl (C=O) groups is 2. The Labute approximate surface area is 124 Å². The molecule has 1 atom stereocenters. The summed E-state index contributed by atoms with van der Waals surface area (Å²) in [6.07, 6.45) is 0. The molecule has 0 aromatic carbocycles. The number of aliphatic carboxylic acids is 1. The Morgan fingerprint density at radius 2 is 2.24 bits per heavy atom. The van der Waals surface area contributed by atoms with Crippen molar-refractivity contribution < 1.29 is 14.7 Å². The number of carboxylic acids is 1. The van der Waals surface area contributed by atoms with Crippen molar-refractivity contribution in [1.82, 2.24) is 25.5 Å². The van der Waals surface area contributed by atoms with Gasteiger partial charge in [-0.3, -0.25) is 4.79 Å². The van der Waals surface area contributed by atoms with Crippen LogP contribution in [0.5, 0.6) is 0 Å². The summed E-state index contributed by atoms with van der Waals surface area (Å²) in [5.74, 6) is -1.31. The lowest BCUT2D eigenvalue weighted by Gasteiger charge is -2.17. The van der Waals surface area contributed by atoms with Gasteiger partial charge in [0.25, 0.3) is 0 Å². The summed E-state index contributed by atoms with van der Waals surface area (Å²) in [6, 6.07) is 0.919. The molecule has 0 saturated heterocycles. The minimum atomic E-state index is -1.07. The van der Waals surface area contributed by atoms with Crippen LogP contribution >= 0.6 is 11.3 Å². The van der Waals surface area contributed by atoms with Crippen molar-refractivity contribution in [2.75, 3.05) is 0 Å². The Balaban J connectivity index is 1.98. The average molecular weight is 309 g/mol. The van der Waals surface area contributed by atoms with Gasteiger partial charge in [0, 0.05) is 10.9 Å². The van der Waals surface area contributed by atoms with Gasteiger partial charge in [0.1, 0.15) is 12.6 Å². The van der Waals surface area contributed by atoms with Gasteiger partial charge >= 0.3 is 5.97 Å². The van der Waals surface area contributed by atoms with Crippen LogP contribution in [0.15, 0.2) is 16.8 Å². The molecule has 0 radical (unpaired) electrons. The van der Waals surface area contributed by atoms with E-state index >= 15 is 0 Å². The van der Waals surface area contributed by atoms with Gasteiger partial charge in [0.2, 0.25) is 11.7 Å². The maximum absolute atomic E-state index is 11.8. The summed E-state index contributed by atoms with van der Waals surface area (Å²) in [5.41, 5.74) is 0.831. The second-order valence-electron chi connectivity index (χ2n) is 4.78. The SMILES string of the molecule is CC(C)[C@H](NC(=O)Cn1nnc(-c2ccsc2)n1)C(=O)O. The van der Waals surface area contributed by atoms with Crippen molar-refractivity contribution in [1.29, 1.82) is 0 Å². The van der Waals surface area contributed by atoms with Crippen molar-refractivity contribution in [3.05, 3.63) is 16.8 Å². The highest BCUT2D eigenvalue weighted by atomic mass is 32.1. The Morgan fingerprint density at radius 3 is 2.81 bits per heavy atom. The molecule has 0 aliphatic heterocycles. The first-order valence-electron chi connectivity index (χ1n) is 6.30. The number of amides is 1. The van der Waals surface area contributed by atoms with Crippen molar-refractivity contribution in [3.8, 4) is 11.4 Å². The number of rotatable bonds is 6. The van der Waals surface area contributed by atoms with Crippen LogP contribution in [0.1, 0.15) is 13.8 Å². The number of hydrogen-bond acceptors (Lipinski definition) is 6. The molecule has 0 spiro atoms. The van der Waals surface area contributed by atoms with Gasteiger partial charge in [-0.2, -0.15) is 16.1 Å². The van der Waals surface area contributed by atoms with Crippen LogP contribution in [0.2, 0.25) is 0 Å². The lowest BCUT2D eigenvalue weighted by atomic mass is 10.1. The number of nitrogens with one attached hydrogen (secondary N) is 1. The molecule has 2 aromatic heterocycles. The van der Waals surface area contributed by atoms with E-state index < -0.39 is 17.9 Å². The topological polar surface area (TPSA) is 110 Å². The molecule has 112 valence electrons. The lowest BCUT2D eigenvalue weighted by Crippen LogP contribution is -2.45. The molecule has 2 N–H and O–H groups in total. The molecule has 8 nitrogen and oxygen atoms in total. The summed E-state index contributed by atoms with van der Waals surface area (Å²) in [5, 5.41) is 27.0. The van der Waals surface area contributed by atoms with Crippen molar-refractivity contribution in [3.63, 3.8) is 0 Å². The molecule has 2 aromatic rings. The Bertz CT molecular complexity index is 623. The minimum absolute atomic E-state index is 0.173. The molecule has 0 saturated carbocycles. The van der Waals surface area contributed by atoms with E-state index in [-0.39, 0.29) is 12.5 Å². The number of hydrogen-bond donors (Lipinski definition) is 2. The van der Waals surface area contributed by atoms with E-state index in [1.165, 1.54) is 11.3 Å². The van der Waals surface area contributed by atoms with Crippen molar-refractivity contribution in [2.24, 2.45) is 5.92 Å². The second kappa shape index (κ2) is 6.44. The fourth-order valence-electron chi connectivity index (χ4n) is 1.68. The van der Waals surface area contributed by atoms with E-state index in [1.807, 2.05) is 16.8 Å². The highest BCUT2D eigenvalue weighted by Gasteiger charge is 2.23. The fourth-order valence-corrected chi connectivity index (χ4v) is 2.31. The molecule has 2 rings (SSSR count). The molecule has 0 bridgehead atoms. The fraction of sp³-hybridized carbons (Fsp3) is 0.417. The van der Waals surface area contributed by atoms with Crippen LogP contribution in [0, 0.1) is 5.92 Å². The van der Waals surface area contributed by atoms with E-state index in [9.17, 15) is 9.59 Å². The highest BCUT2D eigenvalue weighted by molar-refractivity contribution is 7.08. The number of tetrazole rings is 1. The number of nitrogens with zero attached hydrogens (tertiary/aromatic N) is 4. The predicted octanol–water partition coefficient (Wildman–Crippen LogP) is 0.627. The first-order valence-corrected chi connectivity index (χ1v) is 7.24. The summed E-state index contributed by atoms with van der Waals surface area (Å²) >= 11 is 1.51. The largest absolute Gasteiger partial charge is 0.480 e. The third kappa shape index (κ3) is 3.85. The van der Waals surface area contributed by atoms with Crippen LogP contribution < -0.4 is 5.32 Å². The predicted molar refractivity (Wildman–Crippen MR) is 75.5 cm³/mol. The van der Waals surface area contributed by atoms with Crippen LogP contribution in [0.3, 0.4) is 0 Å². The molecule has 1 amide bonds. The van der Waals surface area contributed by atoms with Gasteiger partial charge < -0.3 is 10.4 Å². The smallest absolute Gasteiger partial charge is 0.326 e. The van der Waals surface area contributed by atoms with Gasteiger partial charge in [-0.15, -0.1) is 10.2 Å². The van der Waals surface area contributed by atoms with Crippen LogP contribution in [0.25, 0.3) is 11.4 Å². The minimum Gasteiger partial charge on any atom is -0.480 e. The summed E-state index contributed by atoms with van der Waals surface area (Å²) in [6.45, 7) is 3.27. The quantitative estimate of drug-likeness (QED) is 0.809. The third-order valence-electron chi connectivity index (χ3n) is 2.77. The molecular formula is C12H15N5O3S. The number of aromatic nitrogens is 4. The number of carboxylic acid groups (broad SMARTS) is 1. The average Bonchev–Trinajstić information content (AvgIpc) is 3.05. The van der Waals surface area contributed by atoms with Crippen LogP contribution in [-0.2, 0) is 16.1 Å². The normalized spacial score (nSPS) is 12.3. The zero-order valence-corrected chi connectivity index (χ0v) is 12.4. The lowest BCUT2D eigenvalue weighted by molar-refractivity contribution is -0.143. The van der Waals surface area contributed by atoms with Crippen molar-refractivity contribution in [2.45, 2.75) is 26.4 Å². The standard InChI is InChI=1S/C12H15N5O3S/c1-7(2)10(12(19)20)13-9(18)5-17-15-11(14-16-17)8-3-4-21-6-8/h3-4,6-7,10H,5H2,1-2H3,(H,13,18)(H,19,20)/t10-/m0/s1. The van der Waals surface area contributed by atoms with Gasteiger partial charge in [0.15, 0.2) is 0 Å². The summed E-state index contributed by atoms with van der Waals surface area (Å²) in [7, 11) is 0. The zero-order valence-electron chi connectivity index (χ0n) is 11.6. The zero-order chi connectivity index (χ0) is 15.4. The highest BCUT2D eigenvalue weighted by Crippen LogP contribution is 2.16. The van der Waals surface area contributed by atoms with E-state index in [1.54, 1.807) is 13.8 Å². The first-order chi connectivity index (χ1) is 9.97. The maximum atomic E-state index is 11.8. The maximum Gasteiger partial charge on any atom is 0.326 e. The molecule has 21 heavy (non-hydrogen) atoms. The van der Waals surface area contributed by atoms with E-state index in [0.717, 1.165) is 10.4 Å². The molecule has 0 unspecified atom stereocenters. The summed E-state index contributed by atoms with van der Waals surface area (Å²) in [4.78, 5) is 24.0. The van der Waals surface area contributed by atoms with Crippen LogP contribution in [0.4, 0.5) is 0 Å². The van der Waals surface area contributed by atoms with E-state index in [4.69, 9.17) is 5.11 Å². The number of thiophene rings is 1. The second-order valence-corrected chi connectivity index (χ2v) is 5.56. The van der Waals surface area contributed by atoms with Gasteiger partial charge in [-0.05, 0) is 22.6 Å². The van der Waals surface area contributed by atoms with Gasteiger partial charge in [0.05, 0.1) is 0 Å². The molecule has 0 aliphatic carbocycles. The Hall–Kier alpha value is -2.29.